The third-order valence-corrected chi connectivity index (χ3v) is 2.85. The quantitative estimate of drug-likeness (QED) is 0.442. The first-order chi connectivity index (χ1) is 10.5. The zero-order chi connectivity index (χ0) is 16.0. The molecule has 0 atom stereocenters. The molecule has 6 heteroatoms. The summed E-state index contributed by atoms with van der Waals surface area (Å²) in [5, 5.41) is 10.7. The van der Waals surface area contributed by atoms with Crippen LogP contribution in [0.5, 0.6) is 0 Å². The predicted molar refractivity (Wildman–Crippen MR) is 105 cm³/mol. The summed E-state index contributed by atoms with van der Waals surface area (Å²) >= 11 is 0. The Morgan fingerprint density at radius 1 is 1.22 bits per heavy atom. The number of hydrogen-bond acceptors (Lipinski definition) is 3. The van der Waals surface area contributed by atoms with Crippen LogP contribution in [-0.2, 0) is 6.54 Å². The van der Waals surface area contributed by atoms with E-state index < -0.39 is 0 Å². The Hall–Kier alpha value is -1.57. The fourth-order valence-electron chi connectivity index (χ4n) is 1.95. The molecule has 0 amide bonds. The summed E-state index contributed by atoms with van der Waals surface area (Å²) in [5.41, 5.74) is 1.79. The second kappa shape index (κ2) is 8.90. The highest BCUT2D eigenvalue weighted by Gasteiger charge is 2.12. The maximum Gasteiger partial charge on any atom is 0.192 e. The van der Waals surface area contributed by atoms with Crippen molar-refractivity contribution in [2.45, 2.75) is 39.8 Å². The highest BCUT2D eigenvalue weighted by atomic mass is 127. The van der Waals surface area contributed by atoms with Crippen molar-refractivity contribution in [3.63, 3.8) is 0 Å². The van der Waals surface area contributed by atoms with Crippen LogP contribution >= 0.6 is 24.0 Å². The van der Waals surface area contributed by atoms with Crippen LogP contribution in [0.4, 0.5) is 0 Å². The molecule has 0 radical (unpaired) electrons. The highest BCUT2D eigenvalue weighted by molar-refractivity contribution is 14.0. The zero-order valence-electron chi connectivity index (χ0n) is 14.1. The molecule has 0 saturated heterocycles. The maximum absolute atomic E-state index is 5.38. The highest BCUT2D eigenvalue weighted by Crippen LogP contribution is 2.19. The van der Waals surface area contributed by atoms with Crippen LogP contribution in [0.2, 0.25) is 0 Å². The van der Waals surface area contributed by atoms with E-state index in [0.717, 1.165) is 29.5 Å². The van der Waals surface area contributed by atoms with E-state index in [1.807, 2.05) is 43.3 Å². The largest absolute Gasteiger partial charge is 0.357 e. The minimum absolute atomic E-state index is 0. The van der Waals surface area contributed by atoms with Crippen molar-refractivity contribution in [2.24, 2.45) is 4.99 Å². The Balaban J connectivity index is 0.00000264. The molecule has 2 aromatic rings. The fraction of sp³-hybridized carbons (Fsp3) is 0.412. The van der Waals surface area contributed by atoms with Crippen LogP contribution in [0, 0.1) is 0 Å². The molecule has 1 aromatic carbocycles. The molecule has 0 bridgehead atoms. The normalized spacial score (nSPS) is 11.7. The Labute approximate surface area is 155 Å². The van der Waals surface area contributed by atoms with Gasteiger partial charge in [-0.3, -0.25) is 0 Å². The minimum atomic E-state index is -0.0416. The number of nitrogens with one attached hydrogen (secondary N) is 2. The predicted octanol–water partition coefficient (Wildman–Crippen LogP) is 3.81. The standard InChI is InChI=1S/C17H24N4O.HI/c1-5-18-16(20-17(2,3)4)19-12-14-11-15(22-21-14)13-9-7-6-8-10-13;/h6-11H,5,12H2,1-4H3,(H2,18,19,20);1H. The van der Waals surface area contributed by atoms with Crippen molar-refractivity contribution in [2.75, 3.05) is 6.54 Å². The molecule has 23 heavy (non-hydrogen) atoms. The lowest BCUT2D eigenvalue weighted by Crippen LogP contribution is -2.47. The molecule has 0 fully saturated rings. The number of rotatable bonds is 4. The SMILES string of the molecule is CCNC(=NCc1cc(-c2ccccc2)on1)NC(C)(C)C.I. The molecular formula is C17H25IN4O. The molecule has 126 valence electrons. The van der Waals surface area contributed by atoms with Gasteiger partial charge in [0.2, 0.25) is 0 Å². The van der Waals surface area contributed by atoms with Gasteiger partial charge in [-0.2, -0.15) is 0 Å². The maximum atomic E-state index is 5.38. The number of aromatic nitrogens is 1. The van der Waals surface area contributed by atoms with Crippen LogP contribution in [-0.4, -0.2) is 23.2 Å². The average Bonchev–Trinajstić information content (AvgIpc) is 2.93. The van der Waals surface area contributed by atoms with Crippen molar-refractivity contribution in [1.82, 2.24) is 15.8 Å². The van der Waals surface area contributed by atoms with Crippen molar-refractivity contribution in [3.8, 4) is 11.3 Å². The smallest absolute Gasteiger partial charge is 0.192 e. The first-order valence-corrected chi connectivity index (χ1v) is 7.55. The van der Waals surface area contributed by atoms with E-state index in [1.54, 1.807) is 0 Å². The molecule has 0 spiro atoms. The van der Waals surface area contributed by atoms with Gasteiger partial charge in [-0.25, -0.2) is 4.99 Å². The monoisotopic (exact) mass is 428 g/mol. The van der Waals surface area contributed by atoms with Gasteiger partial charge in [0.15, 0.2) is 11.7 Å². The molecule has 0 saturated carbocycles. The minimum Gasteiger partial charge on any atom is -0.357 e. The van der Waals surface area contributed by atoms with E-state index in [0.29, 0.717) is 6.54 Å². The number of hydrogen-bond donors (Lipinski definition) is 2. The van der Waals surface area contributed by atoms with Crippen molar-refractivity contribution in [1.29, 1.82) is 0 Å². The first kappa shape index (κ1) is 19.5. The Kier molecular flexibility index (Phi) is 7.54. The summed E-state index contributed by atoms with van der Waals surface area (Å²) in [6.45, 7) is 9.64. The van der Waals surface area contributed by atoms with Gasteiger partial charge in [-0.1, -0.05) is 35.5 Å². The van der Waals surface area contributed by atoms with E-state index in [1.165, 1.54) is 0 Å². The summed E-state index contributed by atoms with van der Waals surface area (Å²) in [7, 11) is 0. The summed E-state index contributed by atoms with van der Waals surface area (Å²) in [6, 6.07) is 11.9. The van der Waals surface area contributed by atoms with Gasteiger partial charge < -0.3 is 15.2 Å². The van der Waals surface area contributed by atoms with Crippen LogP contribution in [0.25, 0.3) is 11.3 Å². The van der Waals surface area contributed by atoms with Gasteiger partial charge >= 0.3 is 0 Å². The first-order valence-electron chi connectivity index (χ1n) is 7.55. The van der Waals surface area contributed by atoms with Gasteiger partial charge in [0.05, 0.1) is 6.54 Å². The van der Waals surface area contributed by atoms with E-state index in [-0.39, 0.29) is 29.5 Å². The van der Waals surface area contributed by atoms with Gasteiger partial charge in [-0.05, 0) is 27.7 Å². The third kappa shape index (κ3) is 6.60. The summed E-state index contributed by atoms with van der Waals surface area (Å²) in [6.07, 6.45) is 0. The Morgan fingerprint density at radius 3 is 2.52 bits per heavy atom. The lowest BCUT2D eigenvalue weighted by Gasteiger charge is -2.23. The van der Waals surface area contributed by atoms with Crippen LogP contribution in [0.1, 0.15) is 33.4 Å². The van der Waals surface area contributed by atoms with E-state index in [9.17, 15) is 0 Å². The van der Waals surface area contributed by atoms with Gasteiger partial charge in [0.25, 0.3) is 0 Å². The van der Waals surface area contributed by atoms with Gasteiger partial charge in [0, 0.05) is 23.7 Å². The van der Waals surface area contributed by atoms with Crippen molar-refractivity contribution in [3.05, 3.63) is 42.1 Å². The number of benzene rings is 1. The number of guanidine groups is 1. The Bertz CT molecular complexity index is 617. The molecule has 2 N–H and O–H groups in total. The molecule has 1 aromatic heterocycles. The van der Waals surface area contributed by atoms with Crippen LogP contribution < -0.4 is 10.6 Å². The second-order valence-electron chi connectivity index (χ2n) is 6.12. The van der Waals surface area contributed by atoms with Gasteiger partial charge in [0.1, 0.15) is 5.69 Å². The fourth-order valence-corrected chi connectivity index (χ4v) is 1.95. The number of halogens is 1. The molecule has 5 nitrogen and oxygen atoms in total. The van der Waals surface area contributed by atoms with Crippen molar-refractivity contribution >= 4 is 29.9 Å². The van der Waals surface area contributed by atoms with E-state index in [4.69, 9.17) is 4.52 Å². The van der Waals surface area contributed by atoms with Crippen LogP contribution in [0.3, 0.4) is 0 Å². The number of aliphatic imine (C=N–C) groups is 1. The van der Waals surface area contributed by atoms with E-state index >= 15 is 0 Å². The zero-order valence-corrected chi connectivity index (χ0v) is 16.4. The Morgan fingerprint density at radius 2 is 1.91 bits per heavy atom. The molecule has 0 aliphatic heterocycles. The molecular weight excluding hydrogens is 403 g/mol. The lowest BCUT2D eigenvalue weighted by atomic mass is 10.1. The van der Waals surface area contributed by atoms with Gasteiger partial charge in [-0.15, -0.1) is 24.0 Å². The third-order valence-electron chi connectivity index (χ3n) is 2.85. The molecule has 0 aliphatic rings. The summed E-state index contributed by atoms with van der Waals surface area (Å²) in [5.74, 6) is 1.54. The van der Waals surface area contributed by atoms with Crippen LogP contribution in [0.15, 0.2) is 45.9 Å². The topological polar surface area (TPSA) is 62.5 Å². The van der Waals surface area contributed by atoms with E-state index in [2.05, 4.69) is 41.6 Å². The number of nitrogens with zero attached hydrogens (tertiary/aromatic N) is 2. The average molecular weight is 428 g/mol. The molecule has 1 heterocycles. The molecule has 0 aliphatic carbocycles. The lowest BCUT2D eigenvalue weighted by molar-refractivity contribution is 0.423. The summed E-state index contributed by atoms with van der Waals surface area (Å²) in [4.78, 5) is 4.55. The molecule has 0 unspecified atom stereocenters. The second-order valence-corrected chi connectivity index (χ2v) is 6.12. The summed E-state index contributed by atoms with van der Waals surface area (Å²) < 4.78 is 5.38. The molecule has 2 rings (SSSR count). The van der Waals surface area contributed by atoms with Crippen molar-refractivity contribution < 1.29 is 4.52 Å².